The monoisotopic (exact) mass is 2000 g/mol. The van der Waals surface area contributed by atoms with Crippen LogP contribution in [0.5, 0.6) is 57.5 Å². The molecule has 0 bridgehead atoms. The van der Waals surface area contributed by atoms with Crippen LogP contribution in [-0.4, -0.2) is 74.8 Å². The fraction of sp³-hybridized carbons (Fsp3) is 0.156. The summed E-state index contributed by atoms with van der Waals surface area (Å²) in [6.07, 6.45) is 0. The highest BCUT2D eigenvalue weighted by molar-refractivity contribution is 7.80. The first-order valence-electron chi connectivity index (χ1n) is 29.4. The third kappa shape index (κ3) is 18.1. The fourth-order valence-corrected chi connectivity index (χ4v) is 36.1. The largest absolute Gasteiger partial charge is 1.00 e. The molecule has 0 spiro atoms. The highest BCUT2D eigenvalue weighted by Gasteiger charge is 2.27. The van der Waals surface area contributed by atoms with E-state index in [-0.39, 0.29) is 47.8 Å². The zero-order chi connectivity index (χ0) is 75.4. The van der Waals surface area contributed by atoms with Crippen molar-refractivity contribution in [3.05, 3.63) is 105 Å². The van der Waals surface area contributed by atoms with Crippen LogP contribution in [-0.2, 0) is 22.8 Å². The smallest absolute Gasteiger partial charge is 0.314 e. The third-order valence-electron chi connectivity index (χ3n) is 14.1. The van der Waals surface area contributed by atoms with Crippen LogP contribution >= 0.6 is 324 Å². The first-order chi connectivity index (χ1) is 50.7. The molecule has 0 unspecified atom stereocenters. The third-order valence-corrected chi connectivity index (χ3v) is 41.1. The number of fused-ring (bicyclic) bond motifs is 10. The van der Waals surface area contributed by atoms with Gasteiger partial charge in [-0.25, -0.2) is 9.15 Å². The summed E-state index contributed by atoms with van der Waals surface area (Å²) in [7, 11) is 11.2. The molecular weight excluding hydrogens is 1960 g/mol. The van der Waals surface area contributed by atoms with Crippen LogP contribution in [0.15, 0.2) is 60.7 Å². The molecular formula is C64H42Cl2N2O12S28. The topological polar surface area (TPSA) is 176 Å². The second-order valence-electron chi connectivity index (χ2n) is 21.5. The standard InChI is InChI=1S/C22H14O2S6.C12H12N2O2S4.C12H6O4S6.C10H6O2S6.C8H2O2S6.2ClH/c25-21-27-17-15(23-11-13-7-3-1-4-8-13)18-20(30-22(26)28-18)16(19(17)29-21)24-12-14-9-5-2-6-10-14;1-13(2)11-17-7-5(15)9-10(6(16)8(7)18-11)20-12(19-9)14(3)4;1-3(13)15-5-7-9(21-11(17)19-7)6(16-4(2)14)10-8(5)20-12(18)22-10;1-11-3-5-7(17-9(13)15-5)4(12-2)8-6(3)16-10(14)18-8;9-1-3-5(15-7(11)13-3)2(10)6-4(1)14-8(12)16-6;;/h1-10H,11-12H2;1-4H3;1-2H3;1-2H3;9-10H;2*1H. The molecule has 17 rings (SSSR count). The van der Waals surface area contributed by atoms with Crippen LogP contribution < -0.4 is 70.4 Å². The molecule has 0 fully saturated rings. The average Bonchev–Trinajstić information content (AvgIpc) is 1.59. The Labute approximate surface area is 743 Å². The van der Waals surface area contributed by atoms with Crippen LogP contribution in [0.1, 0.15) is 25.0 Å². The van der Waals surface area contributed by atoms with E-state index in [4.69, 9.17) is 126 Å². The van der Waals surface area contributed by atoms with Gasteiger partial charge in [0.25, 0.3) is 0 Å². The number of hydrogen-bond acceptors (Lipinski definition) is 40. The summed E-state index contributed by atoms with van der Waals surface area (Å²) in [5, 5.41) is 41.2. The SMILES string of the molecule is CC(=O)Oc1c2sc(=S)sc2c(OC(C)=O)c2sc(=S)sc12.COc1c2sc(=S)sc2c(OC)c2sc(=S)sc12.C[N+](C)=c1sc2c(O)c3sc(=[N+](C)C)sc3c(O)c2s1.Oc1c2sc(=S)sc2c(O)c2sc(=S)sc12.S=c1sc2c(OCc3ccccc3)c3sc(=S)sc3c(OCc3ccccc3)c2s1.[Cl-].[Cl-]. The second kappa shape index (κ2) is 36.8. The lowest BCUT2D eigenvalue weighted by Gasteiger charge is -2.13. The molecule has 0 amide bonds. The summed E-state index contributed by atoms with van der Waals surface area (Å²) in [6.45, 7) is 3.68. The molecule has 0 aliphatic heterocycles. The van der Waals surface area contributed by atoms with E-state index in [1.165, 1.54) is 150 Å². The number of ether oxygens (including phenoxy) is 6. The summed E-state index contributed by atoms with van der Waals surface area (Å²) in [5.74, 6) is 4.49. The summed E-state index contributed by atoms with van der Waals surface area (Å²) >= 11 is 71.5. The van der Waals surface area contributed by atoms with Crippen LogP contribution in [0.2, 0.25) is 0 Å². The Bertz CT molecular complexity index is 6330. The minimum atomic E-state index is -0.420. The van der Waals surface area contributed by atoms with Crippen molar-refractivity contribution in [1.29, 1.82) is 0 Å². The number of phenols is 4. The molecule has 10 heterocycles. The van der Waals surface area contributed by atoms with Gasteiger partial charge in [-0.1, -0.05) is 204 Å². The zero-order valence-corrected chi connectivity index (χ0v) is 79.7. The Kier molecular flexibility index (Phi) is 29.2. The molecule has 562 valence electrons. The van der Waals surface area contributed by atoms with Crippen molar-refractivity contribution in [1.82, 2.24) is 9.15 Å². The van der Waals surface area contributed by atoms with E-state index in [9.17, 15) is 30.0 Å². The Hall–Kier alpha value is -3.08. The van der Waals surface area contributed by atoms with Crippen molar-refractivity contribution in [2.24, 2.45) is 0 Å². The normalized spacial score (nSPS) is 11.0. The lowest BCUT2D eigenvalue weighted by atomic mass is 10.2. The molecule has 108 heavy (non-hydrogen) atoms. The number of phenolic OH excluding ortho intramolecular Hbond substituents is 4. The lowest BCUT2D eigenvalue weighted by Crippen LogP contribution is -3.00. The molecule has 14 nitrogen and oxygen atoms in total. The first kappa shape index (κ1) is 85.8. The number of methoxy groups -OCH3 is 2. The minimum Gasteiger partial charge on any atom is -1.00 e. The number of carbonyl (C=O) groups excluding carboxylic acids is 2. The van der Waals surface area contributed by atoms with Gasteiger partial charge in [0.1, 0.15) is 66.5 Å². The number of aromatic hydroxyl groups is 4. The molecule has 0 saturated heterocycles. The molecule has 4 N–H and O–H groups in total. The second-order valence-corrected chi connectivity index (χ2v) is 51.8. The van der Waals surface area contributed by atoms with Crippen molar-refractivity contribution < 1.29 is 83.3 Å². The van der Waals surface area contributed by atoms with Crippen LogP contribution in [0, 0.1) is 25.1 Å². The van der Waals surface area contributed by atoms with E-state index in [2.05, 4.69) is 24.3 Å². The molecule has 0 aliphatic carbocycles. The number of hydrogen-bond donors (Lipinski definition) is 4. The van der Waals surface area contributed by atoms with E-state index in [0.29, 0.717) is 74.9 Å². The molecule has 0 atom stereocenters. The highest BCUT2D eigenvalue weighted by atomic mass is 35.5. The van der Waals surface area contributed by atoms with E-state index >= 15 is 0 Å². The van der Waals surface area contributed by atoms with Gasteiger partial charge in [0.15, 0.2) is 57.5 Å². The number of nitrogens with zero attached hydrogens (tertiary/aromatic N) is 2. The molecule has 7 aromatic carbocycles. The van der Waals surface area contributed by atoms with Gasteiger partial charge >= 0.3 is 19.9 Å². The summed E-state index contributed by atoms with van der Waals surface area (Å²) in [6, 6.07) is 20.4. The van der Waals surface area contributed by atoms with Crippen molar-refractivity contribution in [3.8, 4) is 57.5 Å². The zero-order valence-electron chi connectivity index (χ0n) is 55.3. The molecule has 0 aliphatic rings. The molecule has 0 saturated carbocycles. The van der Waals surface area contributed by atoms with E-state index in [0.717, 1.165) is 111 Å². The Morgan fingerprint density at radius 3 is 0.685 bits per heavy atom. The summed E-state index contributed by atoms with van der Waals surface area (Å²) < 4.78 is 63.8. The van der Waals surface area contributed by atoms with Gasteiger partial charge in [-0.2, -0.15) is 0 Å². The van der Waals surface area contributed by atoms with E-state index in [1.807, 2.05) is 73.7 Å². The van der Waals surface area contributed by atoms with Gasteiger partial charge in [0.2, 0.25) is 0 Å². The first-order valence-corrected chi connectivity index (χ1v) is 49.0. The molecule has 44 heteroatoms. The summed E-state index contributed by atoms with van der Waals surface area (Å²) in [5.41, 5.74) is 2.25. The van der Waals surface area contributed by atoms with Gasteiger partial charge in [0, 0.05) is 13.8 Å². The number of halogens is 2. The summed E-state index contributed by atoms with van der Waals surface area (Å²) in [4.78, 5) is 22.9. The maximum Gasteiger partial charge on any atom is 0.314 e. The number of benzene rings is 7. The molecule has 17 aromatic rings. The van der Waals surface area contributed by atoms with E-state index in [1.54, 1.807) is 105 Å². The number of rotatable bonds is 10. The van der Waals surface area contributed by atoms with Gasteiger partial charge in [-0.05, 0) is 11.1 Å². The van der Waals surface area contributed by atoms with Crippen LogP contribution in [0.4, 0.5) is 0 Å². The van der Waals surface area contributed by atoms with Gasteiger partial charge in [0.05, 0.1) is 108 Å². The molecule has 0 radical (unpaired) electrons. The predicted molar refractivity (Wildman–Crippen MR) is 490 cm³/mol. The average molecular weight is 2000 g/mol. The van der Waals surface area contributed by atoms with Crippen molar-refractivity contribution in [2.45, 2.75) is 27.1 Å². The Morgan fingerprint density at radius 1 is 0.306 bits per heavy atom. The fourth-order valence-electron chi connectivity index (χ4n) is 9.82. The van der Waals surface area contributed by atoms with Gasteiger partial charge in [-0.15, -0.1) is 181 Å². The molecule has 10 aromatic heterocycles. The predicted octanol–water partition coefficient (Wildman–Crippen LogP) is 21.0. The highest BCUT2D eigenvalue weighted by Crippen LogP contribution is 2.56. The lowest BCUT2D eigenvalue weighted by molar-refractivity contribution is -0.132. The van der Waals surface area contributed by atoms with Crippen LogP contribution in [0.25, 0.3) is 94.0 Å². The van der Waals surface area contributed by atoms with Crippen molar-refractivity contribution in [3.63, 3.8) is 0 Å². The quantitative estimate of drug-likeness (QED) is 0.0334. The van der Waals surface area contributed by atoms with Gasteiger partial charge in [-0.3, -0.25) is 9.59 Å². The van der Waals surface area contributed by atoms with Gasteiger partial charge < -0.3 is 73.7 Å². The van der Waals surface area contributed by atoms with Crippen LogP contribution in [0.3, 0.4) is 0 Å². The number of carbonyl (C=O) groups is 2. The van der Waals surface area contributed by atoms with E-state index < -0.39 is 11.9 Å². The Morgan fingerprint density at radius 2 is 0.491 bits per heavy atom. The minimum absolute atomic E-state index is 0. The Balaban J connectivity index is 0.000000136. The van der Waals surface area contributed by atoms with Crippen molar-refractivity contribution in [2.75, 3.05) is 42.4 Å². The van der Waals surface area contributed by atoms with Crippen molar-refractivity contribution >= 4 is 430 Å². The maximum atomic E-state index is 11.4. The maximum absolute atomic E-state index is 11.4. The number of esters is 2.